The summed E-state index contributed by atoms with van der Waals surface area (Å²) in [6.45, 7) is 0. The minimum absolute atomic E-state index is 0.0265. The van der Waals surface area contributed by atoms with Crippen molar-refractivity contribution in [3.05, 3.63) is 71.4 Å². The number of carbonyl (C=O) groups is 1. The summed E-state index contributed by atoms with van der Waals surface area (Å²) in [5.74, 6) is 0.587. The molecule has 1 aliphatic rings. The lowest BCUT2D eigenvalue weighted by atomic mass is 10.0. The van der Waals surface area contributed by atoms with Gasteiger partial charge in [-0.15, -0.1) is 11.3 Å². The predicted octanol–water partition coefficient (Wildman–Crippen LogP) is 4.02. The molecule has 1 saturated carbocycles. The summed E-state index contributed by atoms with van der Waals surface area (Å²) in [5.41, 5.74) is 2.83. The molecule has 1 N–H and O–H groups in total. The normalized spacial score (nSPS) is 14.9. The van der Waals surface area contributed by atoms with E-state index in [9.17, 15) is 4.79 Å². The third kappa shape index (κ3) is 3.94. The molecule has 2 heterocycles. The second-order valence-electron chi connectivity index (χ2n) is 6.33. The first-order chi connectivity index (χ1) is 12.3. The summed E-state index contributed by atoms with van der Waals surface area (Å²) in [5, 5.41) is 6.00. The molecule has 126 valence electrons. The summed E-state index contributed by atoms with van der Waals surface area (Å²) >= 11 is 1.52. The number of amides is 1. The number of pyridine rings is 1. The van der Waals surface area contributed by atoms with Crippen LogP contribution in [0, 0.1) is 5.92 Å². The van der Waals surface area contributed by atoms with Gasteiger partial charge in [0.25, 0.3) is 0 Å². The first kappa shape index (κ1) is 16.0. The van der Waals surface area contributed by atoms with E-state index < -0.39 is 0 Å². The molecule has 0 radical (unpaired) electrons. The van der Waals surface area contributed by atoms with E-state index in [1.807, 2.05) is 41.8 Å². The minimum atomic E-state index is 0.0265. The van der Waals surface area contributed by atoms with Crippen molar-refractivity contribution in [3.8, 4) is 10.7 Å². The first-order valence-electron chi connectivity index (χ1n) is 8.50. The molecule has 2 aromatic heterocycles. The molecule has 1 fully saturated rings. The quantitative estimate of drug-likeness (QED) is 0.731. The van der Waals surface area contributed by atoms with Crippen molar-refractivity contribution < 1.29 is 4.79 Å². The molecule has 0 bridgehead atoms. The van der Waals surface area contributed by atoms with Crippen molar-refractivity contribution in [1.29, 1.82) is 0 Å². The Labute approximate surface area is 151 Å². The van der Waals surface area contributed by atoms with Crippen LogP contribution in [0.4, 0.5) is 0 Å². The van der Waals surface area contributed by atoms with Crippen LogP contribution in [0.15, 0.2) is 60.1 Å². The van der Waals surface area contributed by atoms with Gasteiger partial charge in [-0.3, -0.25) is 9.78 Å². The maximum absolute atomic E-state index is 12.5. The number of aromatic nitrogens is 2. The monoisotopic (exact) mass is 349 g/mol. The summed E-state index contributed by atoms with van der Waals surface area (Å²) in [6.07, 6.45) is 4.42. The molecule has 4 rings (SSSR count). The van der Waals surface area contributed by atoms with Crippen molar-refractivity contribution in [2.45, 2.75) is 25.3 Å². The number of hydrogen-bond acceptors (Lipinski definition) is 4. The van der Waals surface area contributed by atoms with E-state index >= 15 is 0 Å². The van der Waals surface area contributed by atoms with Gasteiger partial charge in [0.1, 0.15) is 5.01 Å². The van der Waals surface area contributed by atoms with Gasteiger partial charge < -0.3 is 5.32 Å². The molecule has 25 heavy (non-hydrogen) atoms. The van der Waals surface area contributed by atoms with E-state index in [4.69, 9.17) is 0 Å². The molecule has 3 aromatic rings. The van der Waals surface area contributed by atoms with E-state index in [2.05, 4.69) is 27.4 Å². The molecule has 0 unspecified atom stereocenters. The van der Waals surface area contributed by atoms with Crippen molar-refractivity contribution in [3.63, 3.8) is 0 Å². The lowest BCUT2D eigenvalue weighted by Crippen LogP contribution is -2.31. The molecule has 1 aromatic carbocycles. The van der Waals surface area contributed by atoms with Crippen LogP contribution < -0.4 is 5.32 Å². The standard InChI is InChI=1S/C20H19N3OS/c24-18(23-19(15-9-10-15)14-6-2-1-3-7-14)12-16-13-25-20(22-16)17-8-4-5-11-21-17/h1-8,11,13,15,19H,9-10,12H2,(H,23,24)/t19-/m0/s1. The second-order valence-corrected chi connectivity index (χ2v) is 7.19. The number of nitrogens with one attached hydrogen (secondary N) is 1. The third-order valence-electron chi connectivity index (χ3n) is 4.35. The highest BCUT2D eigenvalue weighted by Crippen LogP contribution is 2.40. The van der Waals surface area contributed by atoms with Gasteiger partial charge in [0.2, 0.25) is 5.91 Å². The van der Waals surface area contributed by atoms with E-state index in [0.717, 1.165) is 16.4 Å². The molecule has 0 saturated heterocycles. The van der Waals surface area contributed by atoms with Crippen molar-refractivity contribution in [1.82, 2.24) is 15.3 Å². The van der Waals surface area contributed by atoms with Gasteiger partial charge in [0.05, 0.1) is 23.9 Å². The summed E-state index contributed by atoms with van der Waals surface area (Å²) < 4.78 is 0. The van der Waals surface area contributed by atoms with Gasteiger partial charge >= 0.3 is 0 Å². The SMILES string of the molecule is O=C(Cc1csc(-c2ccccn2)n1)N[C@@H](c1ccccc1)C1CC1. The fraction of sp³-hybridized carbons (Fsp3) is 0.250. The number of nitrogens with zero attached hydrogens (tertiary/aromatic N) is 2. The fourth-order valence-electron chi connectivity index (χ4n) is 2.95. The molecule has 4 nitrogen and oxygen atoms in total. The van der Waals surface area contributed by atoms with Crippen molar-refractivity contribution in [2.75, 3.05) is 0 Å². The molecule has 0 aliphatic heterocycles. The van der Waals surface area contributed by atoms with Crippen LogP contribution in [0.1, 0.15) is 30.1 Å². The van der Waals surface area contributed by atoms with Gasteiger partial charge in [-0.25, -0.2) is 4.98 Å². The van der Waals surface area contributed by atoms with E-state index in [1.165, 1.54) is 29.7 Å². The lowest BCUT2D eigenvalue weighted by molar-refractivity contribution is -0.121. The maximum Gasteiger partial charge on any atom is 0.226 e. The van der Waals surface area contributed by atoms with Crippen LogP contribution in [-0.2, 0) is 11.2 Å². The Hall–Kier alpha value is -2.53. The summed E-state index contributed by atoms with van der Waals surface area (Å²) in [6, 6.07) is 16.1. The average molecular weight is 349 g/mol. The second kappa shape index (κ2) is 7.15. The van der Waals surface area contributed by atoms with Gasteiger partial charge in [-0.1, -0.05) is 36.4 Å². The Morgan fingerprint density at radius 2 is 1.96 bits per heavy atom. The highest BCUT2D eigenvalue weighted by molar-refractivity contribution is 7.13. The Bertz CT molecular complexity index is 844. The predicted molar refractivity (Wildman–Crippen MR) is 99.1 cm³/mol. The first-order valence-corrected chi connectivity index (χ1v) is 9.37. The zero-order valence-corrected chi connectivity index (χ0v) is 14.6. The number of thiazole rings is 1. The maximum atomic E-state index is 12.5. The zero-order chi connectivity index (χ0) is 17.1. The van der Waals surface area contributed by atoms with E-state index in [-0.39, 0.29) is 11.9 Å². The number of rotatable bonds is 6. The molecule has 1 amide bonds. The molecular weight excluding hydrogens is 330 g/mol. The van der Waals surface area contributed by atoms with Crippen LogP contribution in [0.3, 0.4) is 0 Å². The smallest absolute Gasteiger partial charge is 0.226 e. The van der Waals surface area contributed by atoms with Gasteiger partial charge in [-0.2, -0.15) is 0 Å². The van der Waals surface area contributed by atoms with Crippen molar-refractivity contribution in [2.24, 2.45) is 5.92 Å². The van der Waals surface area contributed by atoms with E-state index in [0.29, 0.717) is 12.3 Å². The van der Waals surface area contributed by atoms with Crippen LogP contribution in [0.25, 0.3) is 10.7 Å². The Balaban J connectivity index is 1.43. The molecule has 0 spiro atoms. The van der Waals surface area contributed by atoms with Gasteiger partial charge in [0.15, 0.2) is 0 Å². The number of carbonyl (C=O) groups excluding carboxylic acids is 1. The van der Waals surface area contributed by atoms with Gasteiger partial charge in [-0.05, 0) is 36.5 Å². The molecule has 5 heteroatoms. The van der Waals surface area contributed by atoms with Crippen LogP contribution >= 0.6 is 11.3 Å². The minimum Gasteiger partial charge on any atom is -0.349 e. The third-order valence-corrected chi connectivity index (χ3v) is 5.26. The largest absolute Gasteiger partial charge is 0.349 e. The Morgan fingerprint density at radius 3 is 2.68 bits per heavy atom. The summed E-state index contributed by atoms with van der Waals surface area (Å²) in [4.78, 5) is 21.4. The summed E-state index contributed by atoms with van der Waals surface area (Å²) in [7, 11) is 0. The number of benzene rings is 1. The Morgan fingerprint density at radius 1 is 1.16 bits per heavy atom. The molecule has 1 atom stereocenters. The van der Waals surface area contributed by atoms with Gasteiger partial charge in [0, 0.05) is 11.6 Å². The van der Waals surface area contributed by atoms with Crippen molar-refractivity contribution >= 4 is 17.2 Å². The Kier molecular flexibility index (Phi) is 4.57. The van der Waals surface area contributed by atoms with E-state index in [1.54, 1.807) is 6.20 Å². The topological polar surface area (TPSA) is 54.9 Å². The fourth-order valence-corrected chi connectivity index (χ4v) is 3.74. The zero-order valence-electron chi connectivity index (χ0n) is 13.8. The highest BCUT2D eigenvalue weighted by Gasteiger charge is 2.33. The highest BCUT2D eigenvalue weighted by atomic mass is 32.1. The molecular formula is C20H19N3OS. The number of hydrogen-bond donors (Lipinski definition) is 1. The van der Waals surface area contributed by atoms with Crippen LogP contribution in [-0.4, -0.2) is 15.9 Å². The van der Waals surface area contributed by atoms with Crippen LogP contribution in [0.2, 0.25) is 0 Å². The van der Waals surface area contributed by atoms with Crippen LogP contribution in [0.5, 0.6) is 0 Å². The molecule has 1 aliphatic carbocycles. The average Bonchev–Trinajstić information content (AvgIpc) is 3.40. The lowest BCUT2D eigenvalue weighted by Gasteiger charge is -2.18.